The van der Waals surface area contributed by atoms with Gasteiger partial charge in [0.1, 0.15) is 17.5 Å². The maximum absolute atomic E-state index is 5.51. The summed E-state index contributed by atoms with van der Waals surface area (Å²) in [6, 6.07) is 0. The molecule has 18 heavy (non-hydrogen) atoms. The molecule has 0 bridgehead atoms. The molecule has 1 aliphatic heterocycles. The molecular formula is C13H23N5. The van der Waals surface area contributed by atoms with E-state index in [4.69, 9.17) is 5.84 Å². The summed E-state index contributed by atoms with van der Waals surface area (Å²) in [6.45, 7) is 10.7. The van der Waals surface area contributed by atoms with Crippen molar-refractivity contribution >= 4 is 11.6 Å². The van der Waals surface area contributed by atoms with Crippen LogP contribution in [0.3, 0.4) is 0 Å². The summed E-state index contributed by atoms with van der Waals surface area (Å²) in [7, 11) is 0. The summed E-state index contributed by atoms with van der Waals surface area (Å²) >= 11 is 0. The van der Waals surface area contributed by atoms with Crippen molar-refractivity contribution < 1.29 is 0 Å². The van der Waals surface area contributed by atoms with Crippen LogP contribution in [-0.2, 0) is 0 Å². The molecule has 5 heteroatoms. The molecule has 1 aromatic rings. The van der Waals surface area contributed by atoms with E-state index in [1.165, 1.54) is 6.42 Å². The van der Waals surface area contributed by atoms with Crippen molar-refractivity contribution in [2.75, 3.05) is 23.4 Å². The summed E-state index contributed by atoms with van der Waals surface area (Å²) in [5.74, 6) is 9.50. The van der Waals surface area contributed by atoms with Crippen LogP contribution in [0, 0.1) is 25.7 Å². The SMILES string of the molecule is Cc1nc(NN)c(C)c(N2CCC(C)C(C)C2)n1. The largest absolute Gasteiger partial charge is 0.356 e. The highest BCUT2D eigenvalue weighted by atomic mass is 15.3. The minimum atomic E-state index is 0.697. The van der Waals surface area contributed by atoms with Crippen molar-refractivity contribution in [3.8, 4) is 0 Å². The first kappa shape index (κ1) is 13.1. The molecular weight excluding hydrogens is 226 g/mol. The van der Waals surface area contributed by atoms with Crippen LogP contribution in [0.4, 0.5) is 11.6 Å². The van der Waals surface area contributed by atoms with Crippen molar-refractivity contribution in [1.29, 1.82) is 0 Å². The Kier molecular flexibility index (Phi) is 3.71. The van der Waals surface area contributed by atoms with Gasteiger partial charge < -0.3 is 10.3 Å². The van der Waals surface area contributed by atoms with Gasteiger partial charge in [-0.15, -0.1) is 0 Å². The van der Waals surface area contributed by atoms with Crippen LogP contribution < -0.4 is 16.2 Å². The monoisotopic (exact) mass is 249 g/mol. The summed E-state index contributed by atoms with van der Waals surface area (Å²) in [5, 5.41) is 0. The van der Waals surface area contributed by atoms with E-state index >= 15 is 0 Å². The Labute approximate surface area is 109 Å². The third kappa shape index (κ3) is 2.41. The van der Waals surface area contributed by atoms with E-state index in [0.29, 0.717) is 5.92 Å². The third-order valence-electron chi connectivity index (χ3n) is 4.00. The zero-order chi connectivity index (χ0) is 13.3. The predicted octanol–water partition coefficient (Wildman–Crippen LogP) is 1.86. The van der Waals surface area contributed by atoms with Crippen LogP contribution in [0.1, 0.15) is 31.7 Å². The minimum absolute atomic E-state index is 0.697. The lowest BCUT2D eigenvalue weighted by molar-refractivity contribution is 0.322. The highest BCUT2D eigenvalue weighted by Crippen LogP contribution is 2.29. The number of nitrogens with two attached hydrogens (primary N) is 1. The third-order valence-corrected chi connectivity index (χ3v) is 4.00. The molecule has 0 radical (unpaired) electrons. The van der Waals surface area contributed by atoms with Gasteiger partial charge in [-0.3, -0.25) is 0 Å². The summed E-state index contributed by atoms with van der Waals surface area (Å²) in [4.78, 5) is 11.2. The highest BCUT2D eigenvalue weighted by Gasteiger charge is 2.25. The van der Waals surface area contributed by atoms with Crippen molar-refractivity contribution in [2.24, 2.45) is 17.7 Å². The number of hydrogen-bond acceptors (Lipinski definition) is 5. The van der Waals surface area contributed by atoms with E-state index in [0.717, 1.165) is 42.0 Å². The van der Waals surface area contributed by atoms with Crippen LogP contribution >= 0.6 is 0 Å². The summed E-state index contributed by atoms with van der Waals surface area (Å²) in [6.07, 6.45) is 1.22. The predicted molar refractivity (Wildman–Crippen MR) is 74.5 cm³/mol. The Morgan fingerprint density at radius 2 is 1.94 bits per heavy atom. The number of nitrogens with one attached hydrogen (secondary N) is 1. The Morgan fingerprint density at radius 1 is 1.22 bits per heavy atom. The van der Waals surface area contributed by atoms with Crippen molar-refractivity contribution in [3.63, 3.8) is 0 Å². The second-order valence-electron chi connectivity index (χ2n) is 5.40. The van der Waals surface area contributed by atoms with Crippen molar-refractivity contribution in [1.82, 2.24) is 9.97 Å². The molecule has 0 saturated carbocycles. The lowest BCUT2D eigenvalue weighted by atomic mass is 9.88. The topological polar surface area (TPSA) is 67.1 Å². The molecule has 0 aliphatic carbocycles. The smallest absolute Gasteiger partial charge is 0.148 e. The van der Waals surface area contributed by atoms with Gasteiger partial charge in [0, 0.05) is 18.7 Å². The molecule has 2 rings (SSSR count). The van der Waals surface area contributed by atoms with Crippen molar-refractivity contribution in [2.45, 2.75) is 34.1 Å². The normalized spacial score (nSPS) is 24.2. The second-order valence-corrected chi connectivity index (χ2v) is 5.40. The van der Waals surface area contributed by atoms with Gasteiger partial charge in [-0.1, -0.05) is 13.8 Å². The quantitative estimate of drug-likeness (QED) is 0.618. The molecule has 2 heterocycles. The molecule has 2 unspecified atom stereocenters. The number of anilines is 2. The molecule has 3 N–H and O–H groups in total. The van der Waals surface area contributed by atoms with E-state index < -0.39 is 0 Å². The van der Waals surface area contributed by atoms with Gasteiger partial charge in [-0.05, 0) is 32.1 Å². The molecule has 1 aliphatic rings. The number of piperidine rings is 1. The molecule has 0 aromatic carbocycles. The van der Waals surface area contributed by atoms with E-state index in [9.17, 15) is 0 Å². The number of rotatable bonds is 2. The molecule has 5 nitrogen and oxygen atoms in total. The van der Waals surface area contributed by atoms with Gasteiger partial charge in [-0.2, -0.15) is 0 Å². The number of hydrogen-bond donors (Lipinski definition) is 2. The second kappa shape index (κ2) is 5.10. The first-order chi connectivity index (χ1) is 8.52. The molecule has 0 spiro atoms. The van der Waals surface area contributed by atoms with Gasteiger partial charge in [-0.25, -0.2) is 15.8 Å². The Balaban J connectivity index is 2.30. The fraction of sp³-hybridized carbons (Fsp3) is 0.692. The van der Waals surface area contributed by atoms with E-state index in [1.54, 1.807) is 0 Å². The Morgan fingerprint density at radius 3 is 2.56 bits per heavy atom. The van der Waals surface area contributed by atoms with E-state index in [1.807, 2.05) is 13.8 Å². The lowest BCUT2D eigenvalue weighted by Gasteiger charge is -2.36. The zero-order valence-corrected chi connectivity index (χ0v) is 11.7. The molecule has 2 atom stereocenters. The van der Waals surface area contributed by atoms with Gasteiger partial charge in [0.15, 0.2) is 0 Å². The maximum Gasteiger partial charge on any atom is 0.148 e. The Bertz CT molecular complexity index is 432. The fourth-order valence-electron chi connectivity index (χ4n) is 2.52. The number of nitrogens with zero attached hydrogens (tertiary/aromatic N) is 3. The van der Waals surface area contributed by atoms with Crippen LogP contribution in [0.2, 0.25) is 0 Å². The first-order valence-electron chi connectivity index (χ1n) is 6.59. The number of aromatic nitrogens is 2. The standard InChI is InChI=1S/C13H23N5/c1-8-5-6-18(7-9(8)2)13-10(3)12(17-14)15-11(4)16-13/h8-9H,5-7,14H2,1-4H3,(H,15,16,17). The van der Waals surface area contributed by atoms with E-state index in [-0.39, 0.29) is 0 Å². The van der Waals surface area contributed by atoms with Gasteiger partial charge >= 0.3 is 0 Å². The summed E-state index contributed by atoms with van der Waals surface area (Å²) in [5.41, 5.74) is 3.69. The Hall–Kier alpha value is -1.36. The van der Waals surface area contributed by atoms with E-state index in [2.05, 4.69) is 34.1 Å². The molecule has 100 valence electrons. The van der Waals surface area contributed by atoms with Crippen molar-refractivity contribution in [3.05, 3.63) is 11.4 Å². The average Bonchev–Trinajstić information content (AvgIpc) is 2.35. The van der Waals surface area contributed by atoms with Gasteiger partial charge in [0.25, 0.3) is 0 Å². The molecule has 1 aromatic heterocycles. The number of hydrazine groups is 1. The molecule has 1 saturated heterocycles. The van der Waals surface area contributed by atoms with Crippen LogP contribution in [0.25, 0.3) is 0 Å². The lowest BCUT2D eigenvalue weighted by Crippen LogP contribution is -2.39. The average molecular weight is 249 g/mol. The zero-order valence-electron chi connectivity index (χ0n) is 11.7. The first-order valence-corrected chi connectivity index (χ1v) is 6.59. The maximum atomic E-state index is 5.51. The fourth-order valence-corrected chi connectivity index (χ4v) is 2.52. The highest BCUT2D eigenvalue weighted by molar-refractivity contribution is 5.58. The van der Waals surface area contributed by atoms with Crippen LogP contribution in [0.5, 0.6) is 0 Å². The minimum Gasteiger partial charge on any atom is -0.356 e. The van der Waals surface area contributed by atoms with Crippen LogP contribution in [-0.4, -0.2) is 23.1 Å². The van der Waals surface area contributed by atoms with Crippen LogP contribution in [0.15, 0.2) is 0 Å². The molecule has 0 amide bonds. The number of nitrogen functional groups attached to an aromatic ring is 1. The summed E-state index contributed by atoms with van der Waals surface area (Å²) < 4.78 is 0. The molecule has 1 fully saturated rings. The van der Waals surface area contributed by atoms with Gasteiger partial charge in [0.05, 0.1) is 0 Å². The van der Waals surface area contributed by atoms with Gasteiger partial charge in [0.2, 0.25) is 0 Å². The number of aryl methyl sites for hydroxylation is 1.